The molecule has 8 nitrogen and oxygen atoms in total. The molecule has 0 saturated heterocycles. The van der Waals surface area contributed by atoms with Crippen LogP contribution in [0.3, 0.4) is 0 Å². The molecule has 8 heteroatoms. The Bertz CT molecular complexity index is 1290. The average Bonchev–Trinajstić information content (AvgIpc) is 2.88. The summed E-state index contributed by atoms with van der Waals surface area (Å²) in [5.41, 5.74) is 5.50. The summed E-state index contributed by atoms with van der Waals surface area (Å²) >= 11 is 0. The number of carbonyl (C=O) groups is 4. The second kappa shape index (κ2) is 16.3. The molecule has 0 aromatic heterocycles. The van der Waals surface area contributed by atoms with Gasteiger partial charge in [0.25, 0.3) is 0 Å². The summed E-state index contributed by atoms with van der Waals surface area (Å²) in [6, 6.07) is 6.44. The van der Waals surface area contributed by atoms with E-state index < -0.39 is 23.8 Å². The predicted octanol–water partition coefficient (Wildman–Crippen LogP) is 7.20. The summed E-state index contributed by atoms with van der Waals surface area (Å²) in [5, 5.41) is 20.5. The van der Waals surface area contributed by atoms with E-state index in [-0.39, 0.29) is 37.0 Å². The number of carbonyl (C=O) groups excluding carboxylic acids is 2. The fourth-order valence-corrected chi connectivity index (χ4v) is 4.85. The molecule has 0 heterocycles. The third-order valence-corrected chi connectivity index (χ3v) is 7.13. The zero-order chi connectivity index (χ0) is 31.3. The zero-order valence-electron chi connectivity index (χ0n) is 25.2. The largest absolute Gasteiger partial charge is 0.490 e. The number of ketones is 1. The summed E-state index contributed by atoms with van der Waals surface area (Å²) < 4.78 is 5.75. The molecule has 0 radical (unpaired) electrons. The van der Waals surface area contributed by atoms with E-state index in [0.29, 0.717) is 11.4 Å². The van der Waals surface area contributed by atoms with Crippen molar-refractivity contribution in [3.05, 3.63) is 83.0 Å². The maximum Gasteiger partial charge on any atom is 0.372 e. The number of hydrogen-bond donors (Lipinski definition) is 3. The lowest BCUT2D eigenvalue weighted by atomic mass is 9.72. The Balaban J connectivity index is 1.94. The normalized spacial score (nSPS) is 16.5. The van der Waals surface area contributed by atoms with Crippen molar-refractivity contribution in [3.8, 4) is 5.75 Å². The van der Waals surface area contributed by atoms with Crippen molar-refractivity contribution < 1.29 is 34.1 Å². The molecule has 1 aromatic carbocycles. The van der Waals surface area contributed by atoms with Crippen LogP contribution in [0, 0.1) is 5.41 Å². The van der Waals surface area contributed by atoms with Crippen LogP contribution in [0.1, 0.15) is 79.6 Å². The Morgan fingerprint density at radius 3 is 2.36 bits per heavy atom. The molecule has 1 aromatic rings. The van der Waals surface area contributed by atoms with Gasteiger partial charge in [0.05, 0.1) is 6.42 Å². The van der Waals surface area contributed by atoms with E-state index in [4.69, 9.17) is 14.9 Å². The topological polar surface area (TPSA) is 130 Å². The third-order valence-electron chi connectivity index (χ3n) is 7.13. The van der Waals surface area contributed by atoms with E-state index in [2.05, 4.69) is 38.2 Å². The van der Waals surface area contributed by atoms with Crippen molar-refractivity contribution in [3.63, 3.8) is 0 Å². The van der Waals surface area contributed by atoms with Crippen LogP contribution in [0.2, 0.25) is 0 Å². The van der Waals surface area contributed by atoms with Crippen molar-refractivity contribution in [2.75, 3.05) is 5.32 Å². The summed E-state index contributed by atoms with van der Waals surface area (Å²) in [6.45, 7) is 10.7. The second-order valence-corrected chi connectivity index (χ2v) is 11.4. The van der Waals surface area contributed by atoms with E-state index in [0.717, 1.165) is 17.6 Å². The molecule has 1 atom stereocenters. The number of ether oxygens (including phenoxy) is 1. The number of carboxylic acids is 2. The maximum absolute atomic E-state index is 12.5. The Kier molecular flexibility index (Phi) is 13.2. The second-order valence-electron chi connectivity index (χ2n) is 11.4. The van der Waals surface area contributed by atoms with E-state index in [1.807, 2.05) is 32.1 Å². The van der Waals surface area contributed by atoms with Crippen LogP contribution in [0.15, 0.2) is 83.0 Å². The lowest BCUT2D eigenvalue weighted by Gasteiger charge is -2.32. The van der Waals surface area contributed by atoms with Gasteiger partial charge in [0.15, 0.2) is 0 Å². The minimum absolute atomic E-state index is 0.113. The molecule has 0 fully saturated rings. The van der Waals surface area contributed by atoms with Crippen molar-refractivity contribution in [1.29, 1.82) is 0 Å². The minimum atomic E-state index is -1.56. The number of anilines is 1. The summed E-state index contributed by atoms with van der Waals surface area (Å²) in [4.78, 5) is 45.9. The number of nitrogens with one attached hydrogen (secondary N) is 1. The number of hydrogen-bond acceptors (Lipinski definition) is 5. The number of amides is 1. The van der Waals surface area contributed by atoms with Crippen LogP contribution in [-0.4, -0.2) is 39.9 Å². The zero-order valence-corrected chi connectivity index (χ0v) is 25.2. The number of aliphatic carboxylic acids is 2. The molecule has 0 bridgehead atoms. The smallest absolute Gasteiger partial charge is 0.372 e. The van der Waals surface area contributed by atoms with E-state index >= 15 is 0 Å². The highest BCUT2D eigenvalue weighted by Crippen LogP contribution is 2.40. The predicted molar refractivity (Wildman–Crippen MR) is 164 cm³/mol. The molecular formula is C34H43NO7. The first-order chi connectivity index (χ1) is 19.8. The summed E-state index contributed by atoms with van der Waals surface area (Å²) in [6.07, 6.45) is 14.4. The molecule has 42 heavy (non-hydrogen) atoms. The molecule has 0 aliphatic heterocycles. The third kappa shape index (κ3) is 12.1. The number of rotatable bonds is 15. The van der Waals surface area contributed by atoms with E-state index in [9.17, 15) is 19.2 Å². The quantitative estimate of drug-likeness (QED) is 0.114. The number of carboxylic acid groups (broad SMARTS) is 2. The Labute approximate surface area is 248 Å². The molecule has 226 valence electrons. The Morgan fingerprint density at radius 2 is 1.74 bits per heavy atom. The van der Waals surface area contributed by atoms with Gasteiger partial charge in [0.2, 0.25) is 11.7 Å². The van der Waals surface area contributed by atoms with E-state index in [1.165, 1.54) is 30.1 Å². The van der Waals surface area contributed by atoms with Crippen LogP contribution < -0.4 is 10.1 Å². The maximum atomic E-state index is 12.5. The number of Topliss-reactive ketones (excluding diaryl/α,β-unsaturated/α-hetero) is 1. The SMILES string of the molecule is CC(C=CC1=C(C)CCCC1(C)C)=CC=CC(C)=CC(=O)Nc1ccc(OC(CCCC(=O)O)CC(=O)C(=O)O)cc1. The minimum Gasteiger partial charge on any atom is -0.490 e. The first-order valence-corrected chi connectivity index (χ1v) is 14.2. The standard InChI is InChI=1S/C34H43NO7/c1-23(14-19-29-25(3)11-8-20-34(29,4)5)9-6-10-24(2)21-31(37)35-26-15-17-27(18-16-26)42-28(12-7-13-32(38)39)22-30(36)33(40)41/h6,9-10,14-19,21,28H,7-8,11-13,20,22H2,1-5H3,(H,35,37)(H,38,39)(H,40,41). The highest BCUT2D eigenvalue weighted by Gasteiger charge is 2.26. The van der Waals surface area contributed by atoms with Crippen LogP contribution in [0.5, 0.6) is 5.75 Å². The summed E-state index contributed by atoms with van der Waals surface area (Å²) in [7, 11) is 0. The molecule has 0 saturated carbocycles. The molecule has 1 unspecified atom stereocenters. The fourth-order valence-electron chi connectivity index (χ4n) is 4.85. The van der Waals surface area contributed by atoms with Crippen molar-refractivity contribution in [2.45, 2.75) is 85.7 Å². The molecule has 1 aliphatic carbocycles. The lowest BCUT2D eigenvalue weighted by Crippen LogP contribution is -2.25. The van der Waals surface area contributed by atoms with Crippen molar-refractivity contribution >= 4 is 29.3 Å². The van der Waals surface area contributed by atoms with Gasteiger partial charge in [-0.15, -0.1) is 0 Å². The molecule has 1 amide bonds. The van der Waals surface area contributed by atoms with Gasteiger partial charge >= 0.3 is 11.9 Å². The van der Waals surface area contributed by atoms with Crippen LogP contribution in [0.25, 0.3) is 0 Å². The molecular weight excluding hydrogens is 534 g/mol. The molecule has 1 aliphatic rings. The van der Waals surface area contributed by atoms with E-state index in [1.54, 1.807) is 24.3 Å². The monoisotopic (exact) mass is 577 g/mol. The van der Waals surface area contributed by atoms with Gasteiger partial charge in [-0.05, 0) is 93.7 Å². The summed E-state index contributed by atoms with van der Waals surface area (Å²) in [5.74, 6) is -3.48. The highest BCUT2D eigenvalue weighted by molar-refractivity contribution is 6.32. The Morgan fingerprint density at radius 1 is 1.05 bits per heavy atom. The van der Waals surface area contributed by atoms with Gasteiger partial charge in [0.1, 0.15) is 11.9 Å². The van der Waals surface area contributed by atoms with Crippen LogP contribution >= 0.6 is 0 Å². The van der Waals surface area contributed by atoms with Crippen LogP contribution in [-0.2, 0) is 19.2 Å². The van der Waals surface area contributed by atoms with Crippen molar-refractivity contribution in [1.82, 2.24) is 0 Å². The number of allylic oxidation sites excluding steroid dienone is 9. The van der Waals surface area contributed by atoms with Gasteiger partial charge in [-0.25, -0.2) is 4.79 Å². The first-order valence-electron chi connectivity index (χ1n) is 14.2. The first kappa shape index (κ1) is 34.0. The van der Waals surface area contributed by atoms with Gasteiger partial charge in [-0.2, -0.15) is 0 Å². The lowest BCUT2D eigenvalue weighted by molar-refractivity contribution is -0.150. The molecule has 2 rings (SSSR count). The van der Waals surface area contributed by atoms with Gasteiger partial charge in [-0.3, -0.25) is 14.4 Å². The fraction of sp³-hybridized carbons (Fsp3) is 0.412. The van der Waals surface area contributed by atoms with Crippen molar-refractivity contribution in [2.24, 2.45) is 5.41 Å². The van der Waals surface area contributed by atoms with Gasteiger partial charge < -0.3 is 20.3 Å². The van der Waals surface area contributed by atoms with Crippen LogP contribution in [0.4, 0.5) is 5.69 Å². The molecule has 3 N–H and O–H groups in total. The van der Waals surface area contributed by atoms with Gasteiger partial charge in [-0.1, -0.05) is 55.4 Å². The number of benzene rings is 1. The molecule has 0 spiro atoms. The average molecular weight is 578 g/mol. The van der Waals surface area contributed by atoms with Gasteiger partial charge in [0, 0.05) is 18.2 Å². The highest BCUT2D eigenvalue weighted by atomic mass is 16.5. The Hall–Kier alpha value is -4.20.